The van der Waals surface area contributed by atoms with Crippen molar-refractivity contribution in [2.75, 3.05) is 25.4 Å². The summed E-state index contributed by atoms with van der Waals surface area (Å²) in [6, 6.07) is 0. The van der Waals surface area contributed by atoms with Gasteiger partial charge in [-0.1, -0.05) is 0 Å². The van der Waals surface area contributed by atoms with Crippen molar-refractivity contribution in [3.8, 4) is 0 Å². The second-order valence-electron chi connectivity index (χ2n) is 2.60. The molecular formula is C8H16N2O2S. The average Bonchev–Trinajstić information content (AvgIpc) is 2.12. The van der Waals surface area contributed by atoms with Gasteiger partial charge in [-0.3, -0.25) is 4.79 Å². The predicted octanol–water partition coefficient (Wildman–Crippen LogP) is -0.317. The monoisotopic (exact) mass is 204 g/mol. The number of carbonyl (C=O) groups is 2. The van der Waals surface area contributed by atoms with Crippen LogP contribution in [-0.2, 0) is 9.59 Å². The summed E-state index contributed by atoms with van der Waals surface area (Å²) in [5, 5.41) is 0. The molecule has 0 bridgehead atoms. The number of aldehydes is 1. The van der Waals surface area contributed by atoms with Gasteiger partial charge in [0.05, 0.1) is 0 Å². The molecule has 0 aromatic rings. The first-order valence-corrected chi connectivity index (χ1v) is 4.91. The van der Waals surface area contributed by atoms with Gasteiger partial charge in [-0.25, -0.2) is 0 Å². The summed E-state index contributed by atoms with van der Waals surface area (Å²) in [5.41, 5.74) is 5.33. The van der Waals surface area contributed by atoms with Crippen LogP contribution in [0.3, 0.4) is 0 Å². The fourth-order valence-corrected chi connectivity index (χ4v) is 1.17. The molecule has 1 amide bonds. The Bertz CT molecular complexity index is 164. The molecule has 4 nitrogen and oxygen atoms in total. The highest BCUT2D eigenvalue weighted by atomic mass is 32.1. The van der Waals surface area contributed by atoms with E-state index in [1.165, 1.54) is 0 Å². The summed E-state index contributed by atoms with van der Waals surface area (Å²) in [5.74, 6) is 0.545. The zero-order valence-electron chi connectivity index (χ0n) is 7.61. The molecule has 0 saturated carbocycles. The van der Waals surface area contributed by atoms with Crippen molar-refractivity contribution in [3.63, 3.8) is 0 Å². The zero-order valence-corrected chi connectivity index (χ0v) is 8.50. The fourth-order valence-electron chi connectivity index (χ4n) is 0.979. The largest absolute Gasteiger partial charge is 0.341 e. The molecule has 0 aromatic heterocycles. The molecule has 0 unspecified atom stereocenters. The molecule has 0 saturated heterocycles. The third-order valence-electron chi connectivity index (χ3n) is 1.59. The van der Waals surface area contributed by atoms with Crippen LogP contribution in [0.4, 0.5) is 0 Å². The van der Waals surface area contributed by atoms with E-state index in [9.17, 15) is 9.59 Å². The normalized spacial score (nSPS) is 9.69. The van der Waals surface area contributed by atoms with Crippen molar-refractivity contribution in [1.29, 1.82) is 0 Å². The van der Waals surface area contributed by atoms with Crippen LogP contribution < -0.4 is 5.73 Å². The van der Waals surface area contributed by atoms with Gasteiger partial charge in [-0.2, -0.15) is 12.6 Å². The Balaban J connectivity index is 3.90. The molecule has 0 atom stereocenters. The molecule has 0 aromatic carbocycles. The van der Waals surface area contributed by atoms with E-state index >= 15 is 0 Å². The Labute approximate surface area is 83.9 Å². The smallest absolute Gasteiger partial charge is 0.223 e. The third kappa shape index (κ3) is 5.65. The highest BCUT2D eigenvalue weighted by molar-refractivity contribution is 7.80. The number of rotatable bonds is 7. The van der Waals surface area contributed by atoms with Crippen molar-refractivity contribution in [1.82, 2.24) is 4.90 Å². The molecule has 0 fully saturated rings. The minimum atomic E-state index is 0.0160. The van der Waals surface area contributed by atoms with Crippen LogP contribution in [0.2, 0.25) is 0 Å². The maximum Gasteiger partial charge on any atom is 0.223 e. The van der Waals surface area contributed by atoms with E-state index in [-0.39, 0.29) is 5.91 Å². The van der Waals surface area contributed by atoms with Crippen LogP contribution in [0.15, 0.2) is 0 Å². The first-order valence-electron chi connectivity index (χ1n) is 4.28. The summed E-state index contributed by atoms with van der Waals surface area (Å²) in [4.78, 5) is 23.1. The van der Waals surface area contributed by atoms with Crippen molar-refractivity contribution < 1.29 is 9.59 Å². The van der Waals surface area contributed by atoms with Crippen LogP contribution in [0.25, 0.3) is 0 Å². The van der Waals surface area contributed by atoms with Crippen LogP contribution in [0, 0.1) is 0 Å². The topological polar surface area (TPSA) is 63.4 Å². The number of nitrogens with two attached hydrogens (primary N) is 1. The first kappa shape index (κ1) is 12.4. The molecule has 13 heavy (non-hydrogen) atoms. The molecule has 5 heteroatoms. The number of carbonyl (C=O) groups excluding carboxylic acids is 2. The van der Waals surface area contributed by atoms with Gasteiger partial charge in [0.25, 0.3) is 0 Å². The minimum Gasteiger partial charge on any atom is -0.341 e. The SMILES string of the molecule is NCCN(CCC=O)C(=O)CCS. The van der Waals surface area contributed by atoms with E-state index in [2.05, 4.69) is 12.6 Å². The number of amides is 1. The number of hydrogen-bond acceptors (Lipinski definition) is 4. The van der Waals surface area contributed by atoms with Crippen molar-refractivity contribution in [2.45, 2.75) is 12.8 Å². The second-order valence-corrected chi connectivity index (χ2v) is 3.05. The molecule has 0 radical (unpaired) electrons. The molecule has 0 aliphatic rings. The van der Waals surface area contributed by atoms with Crippen LogP contribution in [-0.4, -0.2) is 42.5 Å². The molecule has 2 N–H and O–H groups in total. The maximum absolute atomic E-state index is 11.3. The Morgan fingerprint density at radius 2 is 2.15 bits per heavy atom. The van der Waals surface area contributed by atoms with Gasteiger partial charge >= 0.3 is 0 Å². The molecule has 0 aliphatic heterocycles. The van der Waals surface area contributed by atoms with Gasteiger partial charge in [0.2, 0.25) is 5.91 Å². The minimum absolute atomic E-state index is 0.0160. The van der Waals surface area contributed by atoms with E-state index in [4.69, 9.17) is 5.73 Å². The summed E-state index contributed by atoms with van der Waals surface area (Å²) in [6.07, 6.45) is 1.58. The number of hydrogen-bond donors (Lipinski definition) is 2. The Morgan fingerprint density at radius 3 is 2.62 bits per heavy atom. The number of nitrogens with zero attached hydrogens (tertiary/aromatic N) is 1. The van der Waals surface area contributed by atoms with Crippen molar-refractivity contribution in [2.24, 2.45) is 5.73 Å². The van der Waals surface area contributed by atoms with E-state index in [0.29, 0.717) is 38.2 Å². The highest BCUT2D eigenvalue weighted by Crippen LogP contribution is 1.96. The maximum atomic E-state index is 11.3. The summed E-state index contributed by atoms with van der Waals surface area (Å²) >= 11 is 3.97. The standard InChI is InChI=1S/C8H16N2O2S/c9-3-5-10(4-1-6-11)8(12)2-7-13/h6,13H,1-5,7,9H2. The summed E-state index contributed by atoms with van der Waals surface area (Å²) in [6.45, 7) is 1.41. The lowest BCUT2D eigenvalue weighted by atomic mass is 10.3. The average molecular weight is 204 g/mol. The fraction of sp³-hybridized carbons (Fsp3) is 0.750. The van der Waals surface area contributed by atoms with E-state index in [1.54, 1.807) is 4.90 Å². The molecule has 0 heterocycles. The van der Waals surface area contributed by atoms with Crippen LogP contribution in [0.5, 0.6) is 0 Å². The first-order chi connectivity index (χ1) is 6.26. The molecule has 0 aliphatic carbocycles. The molecule has 76 valence electrons. The Morgan fingerprint density at radius 1 is 1.46 bits per heavy atom. The van der Waals surface area contributed by atoms with E-state index in [0.717, 1.165) is 6.29 Å². The van der Waals surface area contributed by atoms with Gasteiger partial charge < -0.3 is 15.4 Å². The van der Waals surface area contributed by atoms with Crippen molar-refractivity contribution in [3.05, 3.63) is 0 Å². The highest BCUT2D eigenvalue weighted by Gasteiger charge is 2.10. The molecule has 0 rings (SSSR count). The second kappa shape index (κ2) is 8.07. The Hall–Kier alpha value is -0.550. The van der Waals surface area contributed by atoms with E-state index in [1.807, 2.05) is 0 Å². The zero-order chi connectivity index (χ0) is 10.1. The van der Waals surface area contributed by atoms with E-state index < -0.39 is 0 Å². The summed E-state index contributed by atoms with van der Waals surface area (Å²) < 4.78 is 0. The summed E-state index contributed by atoms with van der Waals surface area (Å²) in [7, 11) is 0. The van der Waals surface area contributed by atoms with Gasteiger partial charge in [0, 0.05) is 32.5 Å². The molecular weight excluding hydrogens is 188 g/mol. The lowest BCUT2D eigenvalue weighted by Crippen LogP contribution is -2.36. The van der Waals surface area contributed by atoms with Crippen LogP contribution >= 0.6 is 12.6 Å². The lowest BCUT2D eigenvalue weighted by molar-refractivity contribution is -0.130. The quantitative estimate of drug-likeness (QED) is 0.441. The third-order valence-corrected chi connectivity index (χ3v) is 1.82. The van der Waals surface area contributed by atoms with Crippen molar-refractivity contribution >= 4 is 24.8 Å². The predicted molar refractivity (Wildman–Crippen MR) is 54.8 cm³/mol. The van der Waals surface area contributed by atoms with Gasteiger partial charge in [0.15, 0.2) is 0 Å². The van der Waals surface area contributed by atoms with Gasteiger partial charge in [0.1, 0.15) is 6.29 Å². The van der Waals surface area contributed by atoms with Gasteiger partial charge in [-0.15, -0.1) is 0 Å². The van der Waals surface area contributed by atoms with Gasteiger partial charge in [-0.05, 0) is 5.75 Å². The number of thiol groups is 1. The van der Waals surface area contributed by atoms with Crippen LogP contribution in [0.1, 0.15) is 12.8 Å². The Kier molecular flexibility index (Phi) is 7.73. The molecule has 0 spiro atoms. The lowest BCUT2D eigenvalue weighted by Gasteiger charge is -2.20.